The summed E-state index contributed by atoms with van der Waals surface area (Å²) < 4.78 is 26.9. The van der Waals surface area contributed by atoms with Crippen molar-refractivity contribution in [1.29, 1.82) is 0 Å². The van der Waals surface area contributed by atoms with Gasteiger partial charge in [-0.2, -0.15) is 0 Å². The minimum atomic E-state index is -4.00. The van der Waals surface area contributed by atoms with Crippen LogP contribution in [-0.2, 0) is 10.0 Å². The number of rotatable bonds is 6. The molecule has 25 heavy (non-hydrogen) atoms. The van der Waals surface area contributed by atoms with Crippen LogP contribution in [0.3, 0.4) is 0 Å². The van der Waals surface area contributed by atoms with Crippen molar-refractivity contribution in [3.05, 3.63) is 64.2 Å². The number of nitrogens with one attached hydrogen (secondary N) is 2. The molecule has 0 aromatic heterocycles. The largest absolute Gasteiger partial charge is 0.341 e. The van der Waals surface area contributed by atoms with E-state index in [1.54, 1.807) is 0 Å². The topological polar surface area (TPSA) is 118 Å². The highest BCUT2D eigenvalue weighted by atomic mass is 32.2. The summed E-state index contributed by atoms with van der Waals surface area (Å²) in [5.74, 6) is 1.89. The number of amides is 1. The van der Waals surface area contributed by atoms with Crippen LogP contribution in [0.1, 0.15) is 10.4 Å². The fourth-order valence-corrected chi connectivity index (χ4v) is 3.00. The molecule has 2 aromatic carbocycles. The monoisotopic (exact) mass is 359 g/mol. The SMILES string of the molecule is C#CCNC(=O)c1ccc(NS(=O)(=O)c2cccc([N+](=O)[O-])c2)cc1. The van der Waals surface area contributed by atoms with Crippen LogP contribution in [0.2, 0.25) is 0 Å². The van der Waals surface area contributed by atoms with Gasteiger partial charge in [-0.1, -0.05) is 12.0 Å². The second-order valence-corrected chi connectivity index (χ2v) is 6.51. The first-order valence-electron chi connectivity index (χ1n) is 6.92. The molecule has 8 nitrogen and oxygen atoms in total. The van der Waals surface area contributed by atoms with E-state index in [9.17, 15) is 23.3 Å². The molecule has 0 aliphatic heterocycles. The molecular formula is C16H13N3O5S. The Kier molecular flexibility index (Phi) is 5.36. The van der Waals surface area contributed by atoms with Gasteiger partial charge in [-0.3, -0.25) is 19.6 Å². The Morgan fingerprint density at radius 1 is 1.20 bits per heavy atom. The molecule has 2 rings (SSSR count). The smallest absolute Gasteiger partial charge is 0.270 e. The van der Waals surface area contributed by atoms with Gasteiger partial charge in [0.05, 0.1) is 16.4 Å². The van der Waals surface area contributed by atoms with Crippen molar-refractivity contribution < 1.29 is 18.1 Å². The molecule has 9 heteroatoms. The average molecular weight is 359 g/mol. The number of nitro benzene ring substituents is 1. The Hall–Kier alpha value is -3.38. The highest BCUT2D eigenvalue weighted by molar-refractivity contribution is 7.92. The van der Waals surface area contributed by atoms with Crippen molar-refractivity contribution in [2.45, 2.75) is 4.90 Å². The maximum absolute atomic E-state index is 12.3. The van der Waals surface area contributed by atoms with Crippen LogP contribution in [0.15, 0.2) is 53.4 Å². The highest BCUT2D eigenvalue weighted by Crippen LogP contribution is 2.20. The Balaban J connectivity index is 2.18. The molecule has 0 fully saturated rings. The minimum Gasteiger partial charge on any atom is -0.341 e. The third kappa shape index (κ3) is 4.55. The van der Waals surface area contributed by atoms with E-state index in [0.717, 1.165) is 6.07 Å². The molecule has 2 aromatic rings. The summed E-state index contributed by atoms with van der Waals surface area (Å²) in [5.41, 5.74) is 0.192. The Labute approximate surface area is 144 Å². The van der Waals surface area contributed by atoms with Crippen molar-refractivity contribution in [3.63, 3.8) is 0 Å². The van der Waals surface area contributed by atoms with E-state index < -0.39 is 14.9 Å². The van der Waals surface area contributed by atoms with E-state index in [2.05, 4.69) is 16.0 Å². The molecule has 0 spiro atoms. The summed E-state index contributed by atoms with van der Waals surface area (Å²) in [5, 5.41) is 13.2. The first-order chi connectivity index (χ1) is 11.8. The lowest BCUT2D eigenvalue weighted by atomic mass is 10.2. The number of carbonyl (C=O) groups excluding carboxylic acids is 1. The van der Waals surface area contributed by atoms with Gasteiger partial charge in [0.25, 0.3) is 21.6 Å². The molecule has 0 atom stereocenters. The zero-order valence-corrected chi connectivity index (χ0v) is 13.6. The molecule has 0 heterocycles. The summed E-state index contributed by atoms with van der Waals surface area (Å²) in [6, 6.07) is 10.4. The van der Waals surface area contributed by atoms with Gasteiger partial charge in [-0.05, 0) is 30.3 Å². The van der Waals surface area contributed by atoms with Crippen LogP contribution < -0.4 is 10.0 Å². The number of hydrogen-bond donors (Lipinski definition) is 2. The summed E-state index contributed by atoms with van der Waals surface area (Å²) in [6.07, 6.45) is 5.05. The molecule has 0 bridgehead atoms. The number of anilines is 1. The number of carbonyl (C=O) groups is 1. The van der Waals surface area contributed by atoms with Crippen LogP contribution in [0, 0.1) is 22.5 Å². The van der Waals surface area contributed by atoms with Crippen LogP contribution in [0.4, 0.5) is 11.4 Å². The highest BCUT2D eigenvalue weighted by Gasteiger charge is 2.18. The zero-order chi connectivity index (χ0) is 18.4. The molecule has 128 valence electrons. The van der Waals surface area contributed by atoms with Crippen molar-refractivity contribution in [2.24, 2.45) is 0 Å². The quantitative estimate of drug-likeness (QED) is 0.463. The average Bonchev–Trinajstić information content (AvgIpc) is 2.60. The second kappa shape index (κ2) is 7.46. The minimum absolute atomic E-state index is 0.0833. The fourth-order valence-electron chi connectivity index (χ4n) is 1.90. The maximum Gasteiger partial charge on any atom is 0.270 e. The Bertz CT molecular complexity index is 946. The first kappa shape index (κ1) is 18.0. The van der Waals surface area contributed by atoms with E-state index >= 15 is 0 Å². The van der Waals surface area contributed by atoms with Gasteiger partial charge in [0.1, 0.15) is 0 Å². The van der Waals surface area contributed by atoms with Crippen molar-refractivity contribution in [3.8, 4) is 12.3 Å². The van der Waals surface area contributed by atoms with Crippen LogP contribution >= 0.6 is 0 Å². The van der Waals surface area contributed by atoms with Crippen LogP contribution in [-0.4, -0.2) is 25.8 Å². The standard InChI is InChI=1S/C16H13N3O5S/c1-2-10-17-16(20)12-6-8-13(9-7-12)18-25(23,24)15-5-3-4-14(11-15)19(21)22/h1,3-9,11,18H,10H2,(H,17,20). The van der Waals surface area contributed by atoms with Gasteiger partial charge in [0.15, 0.2) is 0 Å². The number of non-ortho nitro benzene ring substituents is 1. The first-order valence-corrected chi connectivity index (χ1v) is 8.41. The van der Waals surface area contributed by atoms with E-state index in [0.29, 0.717) is 5.56 Å². The van der Waals surface area contributed by atoms with Gasteiger partial charge in [-0.15, -0.1) is 6.42 Å². The predicted octanol–water partition coefficient (Wildman–Crippen LogP) is 1.76. The Morgan fingerprint density at radius 2 is 1.88 bits per heavy atom. The molecule has 1 amide bonds. The lowest BCUT2D eigenvalue weighted by Crippen LogP contribution is -2.23. The van der Waals surface area contributed by atoms with Gasteiger partial charge >= 0.3 is 0 Å². The summed E-state index contributed by atoms with van der Waals surface area (Å²) in [7, 11) is -4.00. The number of benzene rings is 2. The Morgan fingerprint density at radius 3 is 2.48 bits per heavy atom. The third-order valence-electron chi connectivity index (χ3n) is 3.09. The molecule has 0 unspecified atom stereocenters. The molecular weight excluding hydrogens is 346 g/mol. The fraction of sp³-hybridized carbons (Fsp3) is 0.0625. The van der Waals surface area contributed by atoms with Crippen LogP contribution in [0.25, 0.3) is 0 Å². The molecule has 0 saturated heterocycles. The molecule has 0 saturated carbocycles. The number of nitrogens with zero attached hydrogens (tertiary/aromatic N) is 1. The normalized spacial score (nSPS) is 10.5. The number of nitro groups is 1. The molecule has 0 aliphatic rings. The van der Waals surface area contributed by atoms with Crippen molar-refractivity contribution in [2.75, 3.05) is 11.3 Å². The summed E-state index contributed by atoms with van der Waals surface area (Å²) >= 11 is 0. The van der Waals surface area contributed by atoms with Crippen molar-refractivity contribution >= 4 is 27.3 Å². The number of sulfonamides is 1. The van der Waals surface area contributed by atoms with E-state index in [4.69, 9.17) is 6.42 Å². The lowest BCUT2D eigenvalue weighted by Gasteiger charge is -2.09. The van der Waals surface area contributed by atoms with Gasteiger partial charge < -0.3 is 5.32 Å². The lowest BCUT2D eigenvalue weighted by molar-refractivity contribution is -0.385. The molecule has 0 aliphatic carbocycles. The maximum atomic E-state index is 12.3. The van der Waals surface area contributed by atoms with Gasteiger partial charge in [0.2, 0.25) is 0 Å². The summed E-state index contributed by atoms with van der Waals surface area (Å²) in [4.78, 5) is 21.6. The molecule has 0 radical (unpaired) electrons. The van der Waals surface area contributed by atoms with Gasteiger partial charge in [0, 0.05) is 23.4 Å². The third-order valence-corrected chi connectivity index (χ3v) is 4.47. The predicted molar refractivity (Wildman–Crippen MR) is 91.5 cm³/mol. The van der Waals surface area contributed by atoms with E-state index in [1.807, 2.05) is 0 Å². The van der Waals surface area contributed by atoms with Crippen molar-refractivity contribution in [1.82, 2.24) is 5.32 Å². The van der Waals surface area contributed by atoms with Gasteiger partial charge in [-0.25, -0.2) is 8.42 Å². The number of terminal acetylenes is 1. The van der Waals surface area contributed by atoms with E-state index in [-0.39, 0.29) is 28.7 Å². The second-order valence-electron chi connectivity index (χ2n) is 4.82. The number of hydrogen-bond acceptors (Lipinski definition) is 5. The van der Waals surface area contributed by atoms with Crippen LogP contribution in [0.5, 0.6) is 0 Å². The summed E-state index contributed by atoms with van der Waals surface area (Å²) in [6.45, 7) is 0.0833. The van der Waals surface area contributed by atoms with E-state index in [1.165, 1.54) is 42.5 Å². The molecule has 2 N–H and O–H groups in total. The zero-order valence-electron chi connectivity index (χ0n) is 12.8.